The van der Waals surface area contributed by atoms with Gasteiger partial charge in [0.1, 0.15) is 0 Å². The molecule has 1 N–H and O–H groups in total. The summed E-state index contributed by atoms with van der Waals surface area (Å²) in [5.41, 5.74) is 0. The zero-order valence-electron chi connectivity index (χ0n) is 20.3. The Morgan fingerprint density at radius 1 is 0.857 bits per heavy atom. The Kier molecular flexibility index (Phi) is 9.94. The Morgan fingerprint density at radius 2 is 1.32 bits per heavy atom. The second-order valence-electron chi connectivity index (χ2n) is 11.5. The van der Waals surface area contributed by atoms with Gasteiger partial charge in [0, 0.05) is 0 Å². The van der Waals surface area contributed by atoms with Crippen LogP contribution >= 0.6 is 0 Å². The van der Waals surface area contributed by atoms with Crippen molar-refractivity contribution >= 4 is 26.5 Å². The van der Waals surface area contributed by atoms with E-state index in [1.54, 1.807) is 13.3 Å². The van der Waals surface area contributed by atoms with Gasteiger partial charge in [0.15, 0.2) is 0 Å². The SMILES string of the molecule is CCC[CH2][Sn]([CH2]CCC)([CH2]CCC)[C@@]1([Si](C)(C)C)C[C@H]1[C@H](O)C1CCCCC1. The molecule has 3 heteroatoms. The van der Waals surface area contributed by atoms with Gasteiger partial charge in [-0.25, -0.2) is 0 Å². The molecule has 1 nitrogen and oxygen atoms in total. The van der Waals surface area contributed by atoms with Crippen molar-refractivity contribution in [3.8, 4) is 0 Å². The van der Waals surface area contributed by atoms with Crippen LogP contribution in [0.5, 0.6) is 0 Å². The fourth-order valence-corrected chi connectivity index (χ4v) is 46.6. The fourth-order valence-electron chi connectivity index (χ4n) is 7.36. The predicted molar refractivity (Wildman–Crippen MR) is 132 cm³/mol. The zero-order valence-corrected chi connectivity index (χ0v) is 24.1. The molecule has 0 heterocycles. The number of aliphatic hydroxyl groups is 1. The van der Waals surface area contributed by atoms with Gasteiger partial charge in [0.05, 0.1) is 0 Å². The molecule has 0 spiro atoms. The van der Waals surface area contributed by atoms with E-state index in [4.69, 9.17) is 0 Å². The van der Waals surface area contributed by atoms with Gasteiger partial charge in [-0.1, -0.05) is 0 Å². The predicted octanol–water partition coefficient (Wildman–Crippen LogP) is 8.41. The molecule has 3 atom stereocenters. The molecule has 0 saturated heterocycles. The van der Waals surface area contributed by atoms with Crippen molar-refractivity contribution in [3.63, 3.8) is 0 Å². The first kappa shape index (κ1) is 25.2. The summed E-state index contributed by atoms with van der Waals surface area (Å²) in [5.74, 6) is 1.33. The maximum atomic E-state index is 11.6. The van der Waals surface area contributed by atoms with E-state index in [9.17, 15) is 5.11 Å². The normalized spacial score (nSPS) is 27.8. The topological polar surface area (TPSA) is 20.2 Å². The molecule has 2 rings (SSSR count). The van der Waals surface area contributed by atoms with E-state index >= 15 is 0 Å². The average molecular weight is 515 g/mol. The molecule has 0 aliphatic heterocycles. The first-order valence-electron chi connectivity index (χ1n) is 13.0. The van der Waals surface area contributed by atoms with Gasteiger partial charge in [-0.15, -0.1) is 0 Å². The Morgan fingerprint density at radius 3 is 1.71 bits per heavy atom. The molecular formula is C25H52OSiSn. The summed E-state index contributed by atoms with van der Waals surface area (Å²) in [6.45, 7) is 15.3. The van der Waals surface area contributed by atoms with Gasteiger partial charge >= 0.3 is 183 Å². The van der Waals surface area contributed by atoms with Crippen molar-refractivity contribution in [1.82, 2.24) is 0 Å². The molecule has 2 fully saturated rings. The molecule has 166 valence electrons. The van der Waals surface area contributed by atoms with Crippen LogP contribution in [0.2, 0.25) is 36.0 Å². The Labute approximate surface area is 182 Å². The van der Waals surface area contributed by atoms with E-state index in [1.807, 2.05) is 0 Å². The van der Waals surface area contributed by atoms with E-state index in [0.717, 1.165) is 0 Å². The van der Waals surface area contributed by atoms with Crippen molar-refractivity contribution in [2.45, 2.75) is 140 Å². The second kappa shape index (κ2) is 11.0. The summed E-state index contributed by atoms with van der Waals surface area (Å²) in [5, 5.41) is 11.6. The number of aliphatic hydroxyl groups excluding tert-OH is 1. The second-order valence-corrected chi connectivity index (χ2v) is 32.5. The summed E-state index contributed by atoms with van der Waals surface area (Å²) in [7, 11) is -1.32. The van der Waals surface area contributed by atoms with Gasteiger partial charge < -0.3 is 0 Å². The van der Waals surface area contributed by atoms with Crippen molar-refractivity contribution in [3.05, 3.63) is 0 Å². The van der Waals surface area contributed by atoms with Crippen LogP contribution in [-0.4, -0.2) is 37.7 Å². The molecule has 0 aromatic heterocycles. The van der Waals surface area contributed by atoms with E-state index < -0.39 is 26.5 Å². The van der Waals surface area contributed by atoms with Crippen LogP contribution in [0.25, 0.3) is 0 Å². The van der Waals surface area contributed by atoms with Crippen LogP contribution in [0, 0.1) is 11.8 Å². The molecule has 0 aromatic rings. The molecule has 0 bridgehead atoms. The summed E-state index contributed by atoms with van der Waals surface area (Å²) in [6, 6.07) is 0. The van der Waals surface area contributed by atoms with Crippen LogP contribution in [0.15, 0.2) is 0 Å². The fraction of sp³-hybridized carbons (Fsp3) is 1.00. The molecule has 2 aliphatic carbocycles. The Balaban J connectivity index is 2.37. The third kappa shape index (κ3) is 5.23. The molecular weight excluding hydrogens is 463 g/mol. The Hall–Kier alpha value is 0.976. The molecule has 0 radical (unpaired) electrons. The van der Waals surface area contributed by atoms with Crippen LogP contribution in [0.4, 0.5) is 0 Å². The molecule has 2 saturated carbocycles. The van der Waals surface area contributed by atoms with E-state index in [-0.39, 0.29) is 6.10 Å². The minimum absolute atomic E-state index is 0.0352. The van der Waals surface area contributed by atoms with Crippen molar-refractivity contribution in [2.75, 3.05) is 0 Å². The van der Waals surface area contributed by atoms with Crippen LogP contribution in [-0.2, 0) is 0 Å². The maximum absolute atomic E-state index is 11.6. The summed E-state index contributed by atoms with van der Waals surface area (Å²) >= 11 is -2.37. The van der Waals surface area contributed by atoms with Gasteiger partial charge in [-0.3, -0.25) is 0 Å². The van der Waals surface area contributed by atoms with Crippen LogP contribution < -0.4 is 0 Å². The summed E-state index contributed by atoms with van der Waals surface area (Å²) < 4.78 is 5.58. The molecule has 0 unspecified atom stereocenters. The number of unbranched alkanes of at least 4 members (excludes halogenated alkanes) is 3. The summed E-state index contributed by atoms with van der Waals surface area (Å²) in [6.07, 6.45) is 16.8. The molecule has 2 aliphatic rings. The first-order valence-corrected chi connectivity index (χ1v) is 24.0. The van der Waals surface area contributed by atoms with Crippen molar-refractivity contribution in [1.29, 1.82) is 0 Å². The monoisotopic (exact) mass is 516 g/mol. The van der Waals surface area contributed by atoms with Crippen molar-refractivity contribution in [2.24, 2.45) is 11.8 Å². The van der Waals surface area contributed by atoms with Gasteiger partial charge in [0.2, 0.25) is 0 Å². The molecule has 28 heavy (non-hydrogen) atoms. The third-order valence-corrected chi connectivity index (χ3v) is 40.4. The van der Waals surface area contributed by atoms with E-state index in [0.29, 0.717) is 14.9 Å². The zero-order chi connectivity index (χ0) is 20.8. The quantitative estimate of drug-likeness (QED) is 0.244. The number of hydrogen-bond acceptors (Lipinski definition) is 1. The van der Waals surface area contributed by atoms with Gasteiger partial charge in [-0.05, 0) is 0 Å². The van der Waals surface area contributed by atoms with Crippen molar-refractivity contribution < 1.29 is 5.11 Å². The average Bonchev–Trinajstić information content (AvgIpc) is 3.45. The Bertz CT molecular complexity index is 432. The third-order valence-electron chi connectivity index (χ3n) is 8.87. The summed E-state index contributed by atoms with van der Waals surface area (Å²) in [4.78, 5) is 0. The van der Waals surface area contributed by atoms with E-state index in [2.05, 4.69) is 40.4 Å². The van der Waals surface area contributed by atoms with E-state index in [1.165, 1.54) is 77.0 Å². The molecule has 0 amide bonds. The first-order chi connectivity index (χ1) is 13.3. The minimum atomic E-state index is -2.37. The number of rotatable bonds is 13. The number of hydrogen-bond donors (Lipinski definition) is 1. The van der Waals surface area contributed by atoms with Gasteiger partial charge in [-0.2, -0.15) is 0 Å². The standard InChI is InChI=1S/C13H25OSi.3C4H9.Sn/c1-15(2,3)12-9-11(12)13(14)10-7-5-4-6-8-10;3*1-3-4-2;/h10-11,13-14H,4-9H2,1-3H3;3*1,3-4H2,2H3;/t11-,13-;;;;/m1..../s1. The van der Waals surface area contributed by atoms with Gasteiger partial charge in [0.25, 0.3) is 0 Å². The van der Waals surface area contributed by atoms with Crippen LogP contribution in [0.1, 0.15) is 97.8 Å². The van der Waals surface area contributed by atoms with Crippen LogP contribution in [0.3, 0.4) is 0 Å². The molecule has 0 aromatic carbocycles.